The van der Waals surface area contributed by atoms with E-state index in [1.807, 2.05) is 36.4 Å². The van der Waals surface area contributed by atoms with E-state index >= 15 is 0 Å². The van der Waals surface area contributed by atoms with Crippen LogP contribution in [-0.4, -0.2) is 22.6 Å². The second-order valence-electron chi connectivity index (χ2n) is 9.42. The van der Waals surface area contributed by atoms with Gasteiger partial charge in [-0.2, -0.15) is 0 Å². The molecule has 3 aromatic rings. The van der Waals surface area contributed by atoms with E-state index in [2.05, 4.69) is 49.8 Å². The van der Waals surface area contributed by atoms with Gasteiger partial charge in [0.25, 0.3) is 0 Å². The Morgan fingerprint density at radius 2 is 0.917 bits per heavy atom. The maximum absolute atomic E-state index is 10.7. The van der Waals surface area contributed by atoms with Gasteiger partial charge in [-0.25, -0.2) is 0 Å². The highest BCUT2D eigenvalue weighted by molar-refractivity contribution is 5.87. The Bertz CT molecular complexity index is 1100. The summed E-state index contributed by atoms with van der Waals surface area (Å²) in [7, 11) is 0. The van der Waals surface area contributed by atoms with Gasteiger partial charge in [0.2, 0.25) is 0 Å². The Morgan fingerprint density at radius 1 is 0.556 bits per heavy atom. The highest BCUT2D eigenvalue weighted by atomic mass is 16.3. The first kappa shape index (κ1) is 27.2. The van der Waals surface area contributed by atoms with Crippen molar-refractivity contribution in [3.63, 3.8) is 0 Å². The summed E-state index contributed by atoms with van der Waals surface area (Å²) < 4.78 is 0. The molecule has 0 aliphatic carbocycles. The zero-order valence-electron chi connectivity index (χ0n) is 22.2. The van der Waals surface area contributed by atoms with E-state index in [4.69, 9.17) is 0 Å². The highest BCUT2D eigenvalue weighted by Crippen LogP contribution is 2.28. The summed E-state index contributed by atoms with van der Waals surface area (Å²) >= 11 is 0. The van der Waals surface area contributed by atoms with Crippen LogP contribution in [0.25, 0.3) is 0 Å². The lowest BCUT2D eigenvalue weighted by molar-refractivity contribution is 0.466. The lowest BCUT2D eigenvalue weighted by atomic mass is 9.99. The van der Waals surface area contributed by atoms with Crippen LogP contribution in [0.3, 0.4) is 0 Å². The molecule has 2 N–H and O–H groups in total. The maximum Gasteiger partial charge on any atom is 0.127 e. The summed E-state index contributed by atoms with van der Waals surface area (Å²) in [5, 5.41) is 21.4. The largest absolute Gasteiger partial charge is 0.507 e. The summed E-state index contributed by atoms with van der Waals surface area (Å²) in [6.07, 6.45) is 11.3. The summed E-state index contributed by atoms with van der Waals surface area (Å²) in [5.74, 6) is 0.656. The first-order valence-electron chi connectivity index (χ1n) is 13.4. The number of rotatable bonds is 12. The van der Waals surface area contributed by atoms with Gasteiger partial charge in [0.05, 0.1) is 11.4 Å². The van der Waals surface area contributed by atoms with E-state index in [1.165, 1.54) is 11.1 Å². The minimum atomic E-state index is 0.328. The number of phenolic OH excluding ortho intramolecular Hbond substituents is 2. The number of nitrogens with zero attached hydrogens (tertiary/aromatic N) is 2. The molecule has 36 heavy (non-hydrogen) atoms. The van der Waals surface area contributed by atoms with Gasteiger partial charge in [0.1, 0.15) is 11.5 Å². The van der Waals surface area contributed by atoms with E-state index in [0.717, 1.165) is 85.0 Å². The van der Waals surface area contributed by atoms with Crippen molar-refractivity contribution in [3.8, 4) is 11.5 Å². The molecular formula is C32H40N2O2. The fourth-order valence-corrected chi connectivity index (χ4v) is 4.47. The molecule has 0 saturated carbocycles. The molecule has 0 aliphatic rings. The molecule has 0 aliphatic heterocycles. The summed E-state index contributed by atoms with van der Waals surface area (Å²) in [6.45, 7) is 8.57. The molecule has 0 fully saturated rings. The van der Waals surface area contributed by atoms with Gasteiger partial charge < -0.3 is 10.2 Å². The molecule has 0 unspecified atom stereocenters. The SMILES string of the molecule is CCCc1cc(C=Nc2ccc(N=Cc3cc(CCC)cc(CCC)c3O)cc2)c(O)c(CCC)c1. The molecule has 0 atom stereocenters. The molecule has 0 spiro atoms. The van der Waals surface area contributed by atoms with E-state index in [0.29, 0.717) is 11.5 Å². The van der Waals surface area contributed by atoms with E-state index in [-0.39, 0.29) is 0 Å². The van der Waals surface area contributed by atoms with Crippen molar-refractivity contribution in [2.24, 2.45) is 9.98 Å². The van der Waals surface area contributed by atoms with Crippen LogP contribution < -0.4 is 0 Å². The standard InChI is InChI=1S/C32H40N2O2/c1-5-9-23-17-25(11-7-3)31(35)27(19-23)21-33-29-13-15-30(16-14-29)34-22-28-20-24(10-6-2)18-26(12-8-4)32(28)36/h13-22,35-36H,5-12H2,1-4H3. The molecule has 4 nitrogen and oxygen atoms in total. The fraction of sp³-hybridized carbons (Fsp3) is 0.375. The molecule has 0 bridgehead atoms. The number of benzene rings is 3. The second kappa shape index (κ2) is 13.6. The molecule has 3 rings (SSSR count). The predicted octanol–water partition coefficient (Wildman–Crippen LogP) is 8.41. The summed E-state index contributed by atoms with van der Waals surface area (Å²) in [5.41, 5.74) is 7.56. The van der Waals surface area contributed by atoms with Crippen molar-refractivity contribution in [3.05, 3.63) is 81.9 Å². The van der Waals surface area contributed by atoms with Crippen LogP contribution in [0.2, 0.25) is 0 Å². The van der Waals surface area contributed by atoms with Crippen LogP contribution in [0.4, 0.5) is 11.4 Å². The average molecular weight is 485 g/mol. The van der Waals surface area contributed by atoms with E-state index < -0.39 is 0 Å². The number of hydrogen-bond acceptors (Lipinski definition) is 4. The number of aliphatic imine (C=N–C) groups is 2. The van der Waals surface area contributed by atoms with Gasteiger partial charge in [-0.1, -0.05) is 65.5 Å². The molecule has 0 heterocycles. The van der Waals surface area contributed by atoms with Crippen LogP contribution in [-0.2, 0) is 25.7 Å². The zero-order valence-corrected chi connectivity index (χ0v) is 22.2. The van der Waals surface area contributed by atoms with Crippen molar-refractivity contribution in [1.82, 2.24) is 0 Å². The summed E-state index contributed by atoms with van der Waals surface area (Å²) in [4.78, 5) is 9.20. The summed E-state index contributed by atoms with van der Waals surface area (Å²) in [6, 6.07) is 16.0. The van der Waals surface area contributed by atoms with Crippen molar-refractivity contribution in [2.75, 3.05) is 0 Å². The van der Waals surface area contributed by atoms with Gasteiger partial charge >= 0.3 is 0 Å². The molecule has 0 aromatic heterocycles. The zero-order chi connectivity index (χ0) is 25.9. The Kier molecular flexibility index (Phi) is 10.3. The topological polar surface area (TPSA) is 65.2 Å². The van der Waals surface area contributed by atoms with Crippen molar-refractivity contribution in [2.45, 2.75) is 79.1 Å². The monoisotopic (exact) mass is 484 g/mol. The molecule has 0 radical (unpaired) electrons. The lowest BCUT2D eigenvalue weighted by Crippen LogP contribution is -1.95. The minimum Gasteiger partial charge on any atom is -0.507 e. The van der Waals surface area contributed by atoms with Crippen molar-refractivity contribution in [1.29, 1.82) is 0 Å². The molecule has 190 valence electrons. The smallest absolute Gasteiger partial charge is 0.127 e. The number of hydrogen-bond donors (Lipinski definition) is 2. The number of aromatic hydroxyl groups is 2. The quantitative estimate of drug-likeness (QED) is 0.253. The van der Waals surface area contributed by atoms with Crippen LogP contribution in [0.5, 0.6) is 11.5 Å². The number of phenols is 2. The van der Waals surface area contributed by atoms with Crippen molar-refractivity contribution >= 4 is 23.8 Å². The molecule has 4 heteroatoms. The van der Waals surface area contributed by atoms with E-state index in [9.17, 15) is 10.2 Å². The molecule has 3 aromatic carbocycles. The third kappa shape index (κ3) is 7.30. The first-order valence-corrected chi connectivity index (χ1v) is 13.4. The van der Waals surface area contributed by atoms with Gasteiger partial charge in [-0.15, -0.1) is 0 Å². The van der Waals surface area contributed by atoms with Gasteiger partial charge in [-0.05, 0) is 84.3 Å². The Hall–Kier alpha value is -3.40. The first-order chi connectivity index (χ1) is 17.5. The molecule has 0 amide bonds. The molecule has 0 saturated heterocycles. The van der Waals surface area contributed by atoms with Crippen LogP contribution in [0, 0.1) is 0 Å². The second-order valence-corrected chi connectivity index (χ2v) is 9.42. The van der Waals surface area contributed by atoms with Gasteiger partial charge in [-0.3, -0.25) is 9.98 Å². The fourth-order valence-electron chi connectivity index (χ4n) is 4.47. The third-order valence-electron chi connectivity index (χ3n) is 6.23. The third-order valence-corrected chi connectivity index (χ3v) is 6.23. The molecular weight excluding hydrogens is 444 g/mol. The maximum atomic E-state index is 10.7. The van der Waals surface area contributed by atoms with Crippen LogP contribution >= 0.6 is 0 Å². The van der Waals surface area contributed by atoms with Crippen molar-refractivity contribution < 1.29 is 10.2 Å². The number of aryl methyl sites for hydroxylation is 4. The lowest BCUT2D eigenvalue weighted by Gasteiger charge is -2.10. The predicted molar refractivity (Wildman–Crippen MR) is 153 cm³/mol. The normalized spacial score (nSPS) is 11.7. The highest BCUT2D eigenvalue weighted by Gasteiger charge is 2.09. The van der Waals surface area contributed by atoms with E-state index in [1.54, 1.807) is 12.4 Å². The Balaban J connectivity index is 1.80. The van der Waals surface area contributed by atoms with Gasteiger partial charge in [0, 0.05) is 23.6 Å². The Morgan fingerprint density at radius 3 is 1.25 bits per heavy atom. The minimum absolute atomic E-state index is 0.328. The van der Waals surface area contributed by atoms with Crippen LogP contribution in [0.1, 0.15) is 86.8 Å². The van der Waals surface area contributed by atoms with Gasteiger partial charge in [0.15, 0.2) is 0 Å². The van der Waals surface area contributed by atoms with Crippen LogP contribution in [0.15, 0.2) is 58.5 Å². The average Bonchev–Trinajstić information content (AvgIpc) is 2.87. The Labute approximate surface area is 216 Å².